The molecule has 0 saturated carbocycles. The normalized spacial score (nSPS) is 18.9. The zero-order valence-electron chi connectivity index (χ0n) is 8.03. The van der Waals surface area contributed by atoms with Crippen LogP contribution in [-0.2, 0) is 0 Å². The summed E-state index contributed by atoms with van der Waals surface area (Å²) in [4.78, 5) is 8.36. The van der Waals surface area contributed by atoms with Gasteiger partial charge >= 0.3 is 0 Å². The third kappa shape index (κ3) is 1.93. The van der Waals surface area contributed by atoms with Crippen molar-refractivity contribution in [2.75, 3.05) is 5.01 Å². The first kappa shape index (κ1) is 9.61. The molecule has 2 rings (SSSR count). The van der Waals surface area contributed by atoms with Gasteiger partial charge < -0.3 is 0 Å². The van der Waals surface area contributed by atoms with Crippen LogP contribution in [0.1, 0.15) is 13.8 Å². The summed E-state index contributed by atoms with van der Waals surface area (Å²) < 4.78 is 0.878. The average molecular weight is 255 g/mol. The van der Waals surface area contributed by atoms with E-state index < -0.39 is 0 Å². The SMILES string of the molecule is CC1(C)C=CN(c2ncc(Br)cn2)N1. The number of hydrazine groups is 1. The van der Waals surface area contributed by atoms with E-state index in [2.05, 4.69) is 51.2 Å². The van der Waals surface area contributed by atoms with Crippen molar-refractivity contribution in [3.63, 3.8) is 0 Å². The summed E-state index contributed by atoms with van der Waals surface area (Å²) in [5, 5.41) is 1.81. The van der Waals surface area contributed by atoms with E-state index >= 15 is 0 Å². The number of nitrogens with zero attached hydrogens (tertiary/aromatic N) is 3. The fourth-order valence-corrected chi connectivity index (χ4v) is 1.40. The summed E-state index contributed by atoms with van der Waals surface area (Å²) in [5.74, 6) is 0.648. The topological polar surface area (TPSA) is 41.1 Å². The third-order valence-corrected chi connectivity index (χ3v) is 2.28. The molecule has 0 aliphatic carbocycles. The Hall–Kier alpha value is -0.940. The van der Waals surface area contributed by atoms with Crippen molar-refractivity contribution in [3.8, 4) is 0 Å². The highest BCUT2D eigenvalue weighted by atomic mass is 79.9. The molecule has 4 nitrogen and oxygen atoms in total. The Morgan fingerprint density at radius 1 is 1.36 bits per heavy atom. The largest absolute Gasteiger partial charge is 0.250 e. The minimum Gasteiger partial charge on any atom is -0.250 e. The summed E-state index contributed by atoms with van der Waals surface area (Å²) >= 11 is 3.29. The van der Waals surface area contributed by atoms with Crippen molar-refractivity contribution in [2.24, 2.45) is 0 Å². The fraction of sp³-hybridized carbons (Fsp3) is 0.333. The maximum absolute atomic E-state index is 4.18. The molecular weight excluding hydrogens is 244 g/mol. The lowest BCUT2D eigenvalue weighted by atomic mass is 10.1. The van der Waals surface area contributed by atoms with Crippen molar-refractivity contribution in [1.82, 2.24) is 15.4 Å². The first-order chi connectivity index (χ1) is 6.57. The van der Waals surface area contributed by atoms with Crippen LogP contribution in [0, 0.1) is 0 Å². The van der Waals surface area contributed by atoms with E-state index in [1.54, 1.807) is 12.4 Å². The van der Waals surface area contributed by atoms with Gasteiger partial charge in [0, 0.05) is 18.6 Å². The molecule has 0 aromatic carbocycles. The van der Waals surface area contributed by atoms with Crippen molar-refractivity contribution in [3.05, 3.63) is 29.1 Å². The molecule has 0 bridgehead atoms. The zero-order valence-corrected chi connectivity index (χ0v) is 9.62. The predicted molar refractivity (Wildman–Crippen MR) is 58.6 cm³/mol. The van der Waals surface area contributed by atoms with Crippen LogP contribution < -0.4 is 10.4 Å². The summed E-state index contributed by atoms with van der Waals surface area (Å²) in [6.07, 6.45) is 7.45. The number of hydrogen-bond acceptors (Lipinski definition) is 4. The predicted octanol–water partition coefficient (Wildman–Crippen LogP) is 1.86. The first-order valence-corrected chi connectivity index (χ1v) is 5.10. The Kier molecular flexibility index (Phi) is 2.28. The van der Waals surface area contributed by atoms with Crippen molar-refractivity contribution in [2.45, 2.75) is 19.4 Å². The highest BCUT2D eigenvalue weighted by Gasteiger charge is 2.23. The smallest absolute Gasteiger partial charge is 0.244 e. The van der Waals surface area contributed by atoms with Gasteiger partial charge in [-0.2, -0.15) is 0 Å². The average Bonchev–Trinajstić information content (AvgIpc) is 2.47. The van der Waals surface area contributed by atoms with Crippen LogP contribution >= 0.6 is 15.9 Å². The van der Waals surface area contributed by atoms with Crippen LogP contribution in [0.25, 0.3) is 0 Å². The molecule has 0 spiro atoms. The molecule has 0 amide bonds. The summed E-state index contributed by atoms with van der Waals surface area (Å²) in [5.41, 5.74) is 3.22. The molecule has 1 aromatic heterocycles. The second-order valence-electron chi connectivity index (χ2n) is 3.72. The molecule has 0 atom stereocenters. The maximum Gasteiger partial charge on any atom is 0.244 e. The van der Waals surface area contributed by atoms with E-state index in [0.717, 1.165) is 4.47 Å². The van der Waals surface area contributed by atoms with Crippen LogP contribution in [0.3, 0.4) is 0 Å². The molecular formula is C9H11BrN4. The lowest BCUT2D eigenvalue weighted by Crippen LogP contribution is -2.42. The van der Waals surface area contributed by atoms with Gasteiger partial charge in [0.1, 0.15) is 0 Å². The molecule has 2 heterocycles. The number of rotatable bonds is 1. The standard InChI is InChI=1S/C9H11BrN4/c1-9(2)3-4-14(13-9)8-11-5-7(10)6-12-8/h3-6,13H,1-2H3. The molecule has 0 unspecified atom stereocenters. The van der Waals surface area contributed by atoms with E-state index in [1.165, 1.54) is 0 Å². The lowest BCUT2D eigenvalue weighted by molar-refractivity contribution is 0.507. The van der Waals surface area contributed by atoms with E-state index in [9.17, 15) is 0 Å². The quantitative estimate of drug-likeness (QED) is 0.831. The van der Waals surface area contributed by atoms with E-state index in [1.807, 2.05) is 11.2 Å². The minimum absolute atomic E-state index is 0.0313. The van der Waals surface area contributed by atoms with Crippen LogP contribution in [-0.4, -0.2) is 15.5 Å². The zero-order chi connectivity index (χ0) is 10.2. The van der Waals surface area contributed by atoms with Gasteiger partial charge in [0.2, 0.25) is 5.95 Å². The van der Waals surface area contributed by atoms with Gasteiger partial charge in [-0.05, 0) is 35.9 Å². The number of halogens is 1. The fourth-order valence-electron chi connectivity index (χ4n) is 1.19. The number of anilines is 1. The van der Waals surface area contributed by atoms with E-state index in [0.29, 0.717) is 5.95 Å². The minimum atomic E-state index is -0.0313. The van der Waals surface area contributed by atoms with E-state index in [-0.39, 0.29) is 5.54 Å². The number of aromatic nitrogens is 2. The Labute approximate surface area is 91.1 Å². The van der Waals surface area contributed by atoms with Crippen LogP contribution in [0.15, 0.2) is 29.1 Å². The Balaban J connectivity index is 2.19. The molecule has 1 aromatic rings. The molecule has 0 fully saturated rings. The molecule has 1 aliphatic rings. The molecule has 74 valence electrons. The van der Waals surface area contributed by atoms with Crippen molar-refractivity contribution < 1.29 is 0 Å². The first-order valence-electron chi connectivity index (χ1n) is 4.31. The van der Waals surface area contributed by atoms with Gasteiger partial charge in [-0.3, -0.25) is 5.01 Å². The Morgan fingerprint density at radius 2 is 2.00 bits per heavy atom. The van der Waals surface area contributed by atoms with Crippen molar-refractivity contribution >= 4 is 21.9 Å². The molecule has 1 N–H and O–H groups in total. The Bertz CT molecular complexity index is 358. The van der Waals surface area contributed by atoms with Gasteiger partial charge in [0.05, 0.1) is 10.0 Å². The van der Waals surface area contributed by atoms with E-state index in [4.69, 9.17) is 0 Å². The van der Waals surface area contributed by atoms with Crippen molar-refractivity contribution in [1.29, 1.82) is 0 Å². The maximum atomic E-state index is 4.18. The van der Waals surface area contributed by atoms with Gasteiger partial charge in [-0.15, -0.1) is 0 Å². The summed E-state index contributed by atoms with van der Waals surface area (Å²) in [7, 11) is 0. The van der Waals surface area contributed by atoms with Gasteiger partial charge in [0.25, 0.3) is 0 Å². The molecule has 14 heavy (non-hydrogen) atoms. The number of nitrogens with one attached hydrogen (secondary N) is 1. The van der Waals surface area contributed by atoms with Crippen LogP contribution in [0.4, 0.5) is 5.95 Å². The van der Waals surface area contributed by atoms with Crippen LogP contribution in [0.5, 0.6) is 0 Å². The number of hydrogen-bond donors (Lipinski definition) is 1. The van der Waals surface area contributed by atoms with Gasteiger partial charge in [0.15, 0.2) is 0 Å². The molecule has 1 aliphatic heterocycles. The summed E-state index contributed by atoms with van der Waals surface area (Å²) in [6.45, 7) is 4.17. The van der Waals surface area contributed by atoms with Gasteiger partial charge in [-0.1, -0.05) is 0 Å². The second-order valence-corrected chi connectivity index (χ2v) is 4.64. The third-order valence-electron chi connectivity index (χ3n) is 1.87. The van der Waals surface area contributed by atoms with Crippen LogP contribution in [0.2, 0.25) is 0 Å². The lowest BCUT2D eigenvalue weighted by Gasteiger charge is -2.21. The monoisotopic (exact) mass is 254 g/mol. The highest BCUT2D eigenvalue weighted by Crippen LogP contribution is 2.18. The van der Waals surface area contributed by atoms with Gasteiger partial charge in [-0.25, -0.2) is 15.4 Å². The second kappa shape index (κ2) is 3.33. The molecule has 5 heteroatoms. The molecule has 0 radical (unpaired) electrons. The molecule has 0 saturated heterocycles. The summed E-state index contributed by atoms with van der Waals surface area (Å²) in [6, 6.07) is 0. The Morgan fingerprint density at radius 3 is 2.50 bits per heavy atom. The highest BCUT2D eigenvalue weighted by molar-refractivity contribution is 9.10.